The molecule has 1 aromatic rings. The largest absolute Gasteiger partial charge is 0.493 e. The molecule has 0 amide bonds. The summed E-state index contributed by atoms with van der Waals surface area (Å²) >= 11 is 0. The van der Waals surface area contributed by atoms with E-state index < -0.39 is 10.0 Å². The molecule has 23 heavy (non-hydrogen) atoms. The highest BCUT2D eigenvalue weighted by Crippen LogP contribution is 2.32. The first kappa shape index (κ1) is 16.7. The zero-order chi connectivity index (χ0) is 16.4. The molecule has 0 radical (unpaired) electrons. The molecule has 2 aliphatic rings. The molecular weight excluding hydrogens is 319 g/mol. The van der Waals surface area contributed by atoms with Crippen LogP contribution < -0.4 is 10.1 Å². The van der Waals surface area contributed by atoms with Crippen molar-refractivity contribution in [3.8, 4) is 5.75 Å². The Morgan fingerprint density at radius 1 is 1.35 bits per heavy atom. The second-order valence-electron chi connectivity index (χ2n) is 6.30. The average molecular weight is 342 g/mol. The molecule has 0 aliphatic carbocycles. The Morgan fingerprint density at radius 3 is 2.96 bits per heavy atom. The number of nitrogens with zero attached hydrogens (tertiary/aromatic N) is 1. The molecule has 0 spiro atoms. The van der Waals surface area contributed by atoms with Crippen molar-refractivity contribution < 1.29 is 17.5 Å². The Morgan fingerprint density at radius 2 is 2.17 bits per heavy atom. The topological polar surface area (TPSA) is 58.6 Å². The molecule has 1 N–H and O–H groups in total. The molecule has 0 aromatic heterocycles. The molecule has 5 nitrogen and oxygen atoms in total. The van der Waals surface area contributed by atoms with Gasteiger partial charge in [-0.15, -0.1) is 0 Å². The summed E-state index contributed by atoms with van der Waals surface area (Å²) in [4.78, 5) is 0. The first-order chi connectivity index (χ1) is 10.9. The van der Waals surface area contributed by atoms with Crippen LogP contribution in [0.5, 0.6) is 5.75 Å². The quantitative estimate of drug-likeness (QED) is 0.910. The Kier molecular flexibility index (Phi) is 4.89. The van der Waals surface area contributed by atoms with Crippen molar-refractivity contribution in [1.29, 1.82) is 0 Å². The van der Waals surface area contributed by atoms with E-state index in [0.29, 0.717) is 25.4 Å². The number of hydrogen-bond acceptors (Lipinski definition) is 4. The summed E-state index contributed by atoms with van der Waals surface area (Å²) in [6, 6.07) is 4.69. The normalized spacial score (nSPS) is 25.7. The maximum atomic E-state index is 13.4. The summed E-state index contributed by atoms with van der Waals surface area (Å²) < 4.78 is 44.2. The molecule has 2 atom stereocenters. The van der Waals surface area contributed by atoms with Crippen LogP contribution in [0.2, 0.25) is 0 Å². The van der Waals surface area contributed by atoms with E-state index in [4.69, 9.17) is 4.74 Å². The van der Waals surface area contributed by atoms with Crippen molar-refractivity contribution >= 4 is 10.0 Å². The summed E-state index contributed by atoms with van der Waals surface area (Å²) in [5.74, 6) is 0.287. The summed E-state index contributed by atoms with van der Waals surface area (Å²) in [5, 5.41) is 3.47. The van der Waals surface area contributed by atoms with Gasteiger partial charge >= 0.3 is 0 Å². The molecule has 1 fully saturated rings. The van der Waals surface area contributed by atoms with Gasteiger partial charge in [-0.2, -0.15) is 4.31 Å². The number of hydrogen-bond donors (Lipinski definition) is 1. The fraction of sp³-hybridized carbons (Fsp3) is 0.625. The first-order valence-electron chi connectivity index (χ1n) is 8.07. The summed E-state index contributed by atoms with van der Waals surface area (Å²) in [5.41, 5.74) is 0.952. The highest BCUT2D eigenvalue weighted by atomic mass is 32.2. The number of halogens is 1. The van der Waals surface area contributed by atoms with Crippen molar-refractivity contribution in [2.45, 2.75) is 37.8 Å². The number of rotatable bonds is 4. The lowest BCUT2D eigenvalue weighted by Gasteiger charge is -2.25. The van der Waals surface area contributed by atoms with Crippen LogP contribution >= 0.6 is 0 Å². The van der Waals surface area contributed by atoms with Gasteiger partial charge in [0.1, 0.15) is 11.6 Å². The molecule has 1 saturated heterocycles. The number of sulfonamides is 1. The van der Waals surface area contributed by atoms with E-state index in [1.165, 1.54) is 18.4 Å². The van der Waals surface area contributed by atoms with Crippen molar-refractivity contribution in [2.75, 3.05) is 26.0 Å². The lowest BCUT2D eigenvalue weighted by molar-refractivity contribution is 0.312. The van der Waals surface area contributed by atoms with E-state index in [2.05, 4.69) is 5.32 Å². The first-order valence-corrected chi connectivity index (χ1v) is 9.92. The second kappa shape index (κ2) is 6.75. The Labute approximate surface area is 136 Å². The predicted octanol–water partition coefficient (Wildman–Crippen LogP) is 2.05. The summed E-state index contributed by atoms with van der Waals surface area (Å²) in [6.07, 6.45) is 4.82. The highest BCUT2D eigenvalue weighted by Gasteiger charge is 2.32. The Hall–Kier alpha value is -1.18. The van der Waals surface area contributed by atoms with E-state index in [-0.39, 0.29) is 17.9 Å². The van der Waals surface area contributed by atoms with Gasteiger partial charge in [-0.1, -0.05) is 6.07 Å². The number of ether oxygens (including phenoxy) is 1. The van der Waals surface area contributed by atoms with Gasteiger partial charge in [-0.25, -0.2) is 12.8 Å². The maximum Gasteiger partial charge on any atom is 0.211 e. The predicted molar refractivity (Wildman–Crippen MR) is 86.4 cm³/mol. The van der Waals surface area contributed by atoms with E-state index in [1.807, 2.05) is 0 Å². The fourth-order valence-electron chi connectivity index (χ4n) is 3.49. The zero-order valence-electron chi connectivity index (χ0n) is 13.3. The number of fused-ring (bicyclic) bond motifs is 1. The maximum absolute atomic E-state index is 13.4. The Bertz CT molecular complexity index is 665. The van der Waals surface area contributed by atoms with Gasteiger partial charge in [0.15, 0.2) is 0 Å². The van der Waals surface area contributed by atoms with E-state index in [1.54, 1.807) is 10.4 Å². The molecule has 0 unspecified atom stereocenters. The molecule has 2 aliphatic heterocycles. The van der Waals surface area contributed by atoms with Gasteiger partial charge in [0, 0.05) is 36.8 Å². The lowest BCUT2D eigenvalue weighted by Crippen LogP contribution is -2.41. The van der Waals surface area contributed by atoms with Gasteiger partial charge in [0.05, 0.1) is 12.9 Å². The molecule has 1 aromatic carbocycles. The van der Waals surface area contributed by atoms with Crippen LogP contribution in [-0.2, 0) is 10.0 Å². The SMILES string of the molecule is CS(=O)(=O)N1CCC[C@@H]1CN[C@H]1CCCOc2cc(F)ccc21. The van der Waals surface area contributed by atoms with Crippen LogP contribution in [0.25, 0.3) is 0 Å². The smallest absolute Gasteiger partial charge is 0.211 e. The van der Waals surface area contributed by atoms with Crippen LogP contribution in [0.15, 0.2) is 18.2 Å². The van der Waals surface area contributed by atoms with Crippen molar-refractivity contribution in [3.63, 3.8) is 0 Å². The minimum Gasteiger partial charge on any atom is -0.493 e. The molecule has 3 rings (SSSR count). The Balaban J connectivity index is 1.71. The third kappa shape index (κ3) is 3.84. The standard InChI is InChI=1S/C16H23FN2O3S/c1-23(20,21)19-8-2-4-13(19)11-18-15-5-3-9-22-16-10-12(17)6-7-14(15)16/h6-7,10,13,15,18H,2-5,8-9,11H2,1H3/t13-,15+/m1/s1. The minimum atomic E-state index is -3.16. The lowest BCUT2D eigenvalue weighted by atomic mass is 10.0. The van der Waals surface area contributed by atoms with Crippen LogP contribution in [0, 0.1) is 5.82 Å². The molecule has 0 bridgehead atoms. The third-order valence-electron chi connectivity index (χ3n) is 4.59. The summed E-state index contributed by atoms with van der Waals surface area (Å²) in [6.45, 7) is 1.78. The van der Waals surface area contributed by atoms with Crippen molar-refractivity contribution in [1.82, 2.24) is 9.62 Å². The average Bonchev–Trinajstić information content (AvgIpc) is 2.87. The zero-order valence-corrected chi connectivity index (χ0v) is 14.1. The van der Waals surface area contributed by atoms with Crippen molar-refractivity contribution in [2.24, 2.45) is 0 Å². The van der Waals surface area contributed by atoms with Gasteiger partial charge in [-0.05, 0) is 31.7 Å². The number of nitrogens with one attached hydrogen (secondary N) is 1. The summed E-state index contributed by atoms with van der Waals surface area (Å²) in [7, 11) is -3.16. The van der Waals surface area contributed by atoms with Gasteiger partial charge < -0.3 is 10.1 Å². The number of benzene rings is 1. The van der Waals surface area contributed by atoms with E-state index >= 15 is 0 Å². The monoisotopic (exact) mass is 342 g/mol. The molecule has 128 valence electrons. The molecule has 7 heteroatoms. The van der Waals surface area contributed by atoms with Gasteiger partial charge in [0.25, 0.3) is 0 Å². The fourth-order valence-corrected chi connectivity index (χ4v) is 4.67. The van der Waals surface area contributed by atoms with Crippen LogP contribution in [0.4, 0.5) is 4.39 Å². The van der Waals surface area contributed by atoms with Gasteiger partial charge in [-0.3, -0.25) is 0 Å². The van der Waals surface area contributed by atoms with Crippen LogP contribution in [0.3, 0.4) is 0 Å². The van der Waals surface area contributed by atoms with Gasteiger partial charge in [0.2, 0.25) is 10.0 Å². The van der Waals surface area contributed by atoms with Crippen molar-refractivity contribution in [3.05, 3.63) is 29.6 Å². The van der Waals surface area contributed by atoms with Crippen LogP contribution in [0.1, 0.15) is 37.3 Å². The molecule has 0 saturated carbocycles. The van der Waals surface area contributed by atoms with Crippen LogP contribution in [-0.4, -0.2) is 44.7 Å². The highest BCUT2D eigenvalue weighted by molar-refractivity contribution is 7.88. The van der Waals surface area contributed by atoms with E-state index in [9.17, 15) is 12.8 Å². The third-order valence-corrected chi connectivity index (χ3v) is 5.93. The molecule has 2 heterocycles. The minimum absolute atomic E-state index is 0.00179. The second-order valence-corrected chi connectivity index (χ2v) is 8.24. The van der Waals surface area contributed by atoms with E-state index in [0.717, 1.165) is 31.2 Å². The molecular formula is C16H23FN2O3S.